The van der Waals surface area contributed by atoms with Gasteiger partial charge in [-0.25, -0.2) is 14.4 Å². The Kier molecular flexibility index (Phi) is 3.36. The van der Waals surface area contributed by atoms with Gasteiger partial charge in [0.15, 0.2) is 5.65 Å². The first-order valence-corrected chi connectivity index (χ1v) is 6.87. The highest BCUT2D eigenvalue weighted by molar-refractivity contribution is 6.30. The number of alkyl halides is 1. The van der Waals surface area contributed by atoms with E-state index in [1.54, 1.807) is 16.8 Å². The normalized spacial score (nSPS) is 11.2. The lowest BCUT2D eigenvalue weighted by Gasteiger charge is -2.08. The van der Waals surface area contributed by atoms with E-state index in [2.05, 4.69) is 9.97 Å². The molecule has 3 rings (SSSR count). The van der Waals surface area contributed by atoms with Crippen LogP contribution in [0.15, 0.2) is 30.5 Å². The van der Waals surface area contributed by atoms with Crippen molar-refractivity contribution in [3.8, 4) is 5.69 Å². The third kappa shape index (κ3) is 2.15. The van der Waals surface area contributed by atoms with E-state index in [-0.39, 0.29) is 5.88 Å². The van der Waals surface area contributed by atoms with Crippen LogP contribution in [0, 0.1) is 12.7 Å². The molecule has 3 nitrogen and oxygen atoms in total. The van der Waals surface area contributed by atoms with Gasteiger partial charge < -0.3 is 0 Å². The molecule has 0 amide bonds. The summed E-state index contributed by atoms with van der Waals surface area (Å²) in [6.45, 7) is 1.94. The maximum atomic E-state index is 13.6. The summed E-state index contributed by atoms with van der Waals surface area (Å²) in [5, 5.41) is 0.315. The predicted molar refractivity (Wildman–Crippen MR) is 78.1 cm³/mol. The summed E-state index contributed by atoms with van der Waals surface area (Å²) in [6.07, 6.45) is 1.69. The van der Waals surface area contributed by atoms with Crippen molar-refractivity contribution in [1.82, 2.24) is 14.5 Å². The van der Waals surface area contributed by atoms with Crippen LogP contribution in [-0.2, 0) is 5.88 Å². The van der Waals surface area contributed by atoms with Crippen LogP contribution in [0.2, 0.25) is 5.02 Å². The number of hydrogen-bond donors (Lipinski definition) is 0. The second-order valence-corrected chi connectivity index (χ2v) is 5.13. The average molecular weight is 310 g/mol. The number of aryl methyl sites for hydroxylation is 1. The van der Waals surface area contributed by atoms with Gasteiger partial charge in [0.2, 0.25) is 0 Å². The number of halogens is 3. The van der Waals surface area contributed by atoms with E-state index in [9.17, 15) is 4.39 Å². The number of fused-ring (bicyclic) bond motifs is 1. The van der Waals surface area contributed by atoms with Crippen molar-refractivity contribution >= 4 is 34.4 Å². The number of benzene rings is 1. The number of hydrogen-bond acceptors (Lipinski definition) is 2. The number of rotatable bonds is 2. The summed E-state index contributed by atoms with van der Waals surface area (Å²) in [7, 11) is 0. The molecule has 20 heavy (non-hydrogen) atoms. The zero-order valence-electron chi connectivity index (χ0n) is 10.6. The second kappa shape index (κ2) is 5.04. The summed E-state index contributed by atoms with van der Waals surface area (Å²) in [4.78, 5) is 8.79. The monoisotopic (exact) mass is 309 g/mol. The Bertz CT molecular complexity index is 778. The SMILES string of the molecule is Cc1ccnc2c1nc(CCl)n2-c1cc(F)cc(Cl)c1. The van der Waals surface area contributed by atoms with E-state index in [4.69, 9.17) is 23.2 Å². The Labute approximate surface area is 125 Å². The maximum Gasteiger partial charge on any atom is 0.164 e. The van der Waals surface area contributed by atoms with Crippen LogP contribution in [0.25, 0.3) is 16.9 Å². The van der Waals surface area contributed by atoms with E-state index in [1.165, 1.54) is 12.1 Å². The molecule has 0 spiro atoms. The Morgan fingerprint density at radius 2 is 2.10 bits per heavy atom. The lowest BCUT2D eigenvalue weighted by Crippen LogP contribution is -2.01. The molecule has 1 aromatic carbocycles. The van der Waals surface area contributed by atoms with E-state index in [1.807, 2.05) is 13.0 Å². The summed E-state index contributed by atoms with van der Waals surface area (Å²) in [6, 6.07) is 6.17. The van der Waals surface area contributed by atoms with Crippen LogP contribution in [0.3, 0.4) is 0 Å². The molecule has 0 bridgehead atoms. The van der Waals surface area contributed by atoms with Crippen LogP contribution in [0.4, 0.5) is 4.39 Å². The fourth-order valence-electron chi connectivity index (χ4n) is 2.17. The first kappa shape index (κ1) is 13.3. The molecule has 0 unspecified atom stereocenters. The molecule has 0 aliphatic heterocycles. The number of pyridine rings is 1. The van der Waals surface area contributed by atoms with Crippen molar-refractivity contribution in [2.45, 2.75) is 12.8 Å². The summed E-state index contributed by atoms with van der Waals surface area (Å²) < 4.78 is 15.3. The van der Waals surface area contributed by atoms with Gasteiger partial charge in [0.1, 0.15) is 17.2 Å². The first-order valence-electron chi connectivity index (χ1n) is 5.95. The molecular formula is C14H10Cl2FN3. The van der Waals surface area contributed by atoms with Crippen LogP contribution in [0.1, 0.15) is 11.4 Å². The fourth-order valence-corrected chi connectivity index (χ4v) is 2.56. The van der Waals surface area contributed by atoms with Crippen molar-refractivity contribution in [2.24, 2.45) is 0 Å². The van der Waals surface area contributed by atoms with Gasteiger partial charge in [-0.1, -0.05) is 11.6 Å². The Morgan fingerprint density at radius 1 is 1.30 bits per heavy atom. The predicted octanol–water partition coefficient (Wildman–Crippen LogP) is 4.26. The van der Waals surface area contributed by atoms with Gasteiger partial charge in [0.05, 0.1) is 11.6 Å². The van der Waals surface area contributed by atoms with Crippen molar-refractivity contribution in [1.29, 1.82) is 0 Å². The van der Waals surface area contributed by atoms with Gasteiger partial charge in [-0.15, -0.1) is 11.6 Å². The Balaban J connectivity index is 2.37. The highest BCUT2D eigenvalue weighted by atomic mass is 35.5. The van der Waals surface area contributed by atoms with Gasteiger partial charge in [0, 0.05) is 11.2 Å². The molecule has 0 N–H and O–H groups in total. The lowest BCUT2D eigenvalue weighted by atomic mass is 10.2. The topological polar surface area (TPSA) is 30.7 Å². The molecular weight excluding hydrogens is 300 g/mol. The number of aromatic nitrogens is 3. The minimum atomic E-state index is -0.414. The van der Waals surface area contributed by atoms with Crippen molar-refractivity contribution in [3.05, 3.63) is 52.7 Å². The van der Waals surface area contributed by atoms with E-state index >= 15 is 0 Å². The quantitative estimate of drug-likeness (QED) is 0.662. The molecule has 3 aromatic rings. The first-order chi connectivity index (χ1) is 9.60. The zero-order valence-corrected chi connectivity index (χ0v) is 12.1. The molecule has 0 aliphatic rings. The average Bonchev–Trinajstić information content (AvgIpc) is 2.77. The Morgan fingerprint density at radius 3 is 2.80 bits per heavy atom. The smallest absolute Gasteiger partial charge is 0.164 e. The van der Waals surface area contributed by atoms with E-state index < -0.39 is 5.82 Å². The standard InChI is InChI=1S/C14H10Cl2FN3/c1-8-2-3-18-14-13(8)19-12(7-15)20(14)11-5-9(16)4-10(17)6-11/h2-6H,7H2,1H3. The van der Waals surface area contributed by atoms with Gasteiger partial charge in [0.25, 0.3) is 0 Å². The van der Waals surface area contributed by atoms with Crippen LogP contribution < -0.4 is 0 Å². The molecule has 0 atom stereocenters. The zero-order chi connectivity index (χ0) is 14.3. The maximum absolute atomic E-state index is 13.6. The van der Waals surface area contributed by atoms with Crippen molar-refractivity contribution in [2.75, 3.05) is 0 Å². The molecule has 0 fully saturated rings. The molecule has 2 aromatic heterocycles. The van der Waals surface area contributed by atoms with Crippen molar-refractivity contribution in [3.63, 3.8) is 0 Å². The second-order valence-electron chi connectivity index (χ2n) is 4.42. The van der Waals surface area contributed by atoms with Gasteiger partial charge in [-0.2, -0.15) is 0 Å². The van der Waals surface area contributed by atoms with Gasteiger partial charge in [-0.05, 0) is 36.8 Å². The van der Waals surface area contributed by atoms with Gasteiger partial charge in [-0.3, -0.25) is 4.57 Å². The van der Waals surface area contributed by atoms with Crippen LogP contribution in [0.5, 0.6) is 0 Å². The third-order valence-corrected chi connectivity index (χ3v) is 3.50. The number of imidazole rings is 1. The van der Waals surface area contributed by atoms with Crippen molar-refractivity contribution < 1.29 is 4.39 Å². The molecule has 6 heteroatoms. The summed E-state index contributed by atoms with van der Waals surface area (Å²) in [5.41, 5.74) is 2.94. The minimum absolute atomic E-state index is 0.198. The Hall–Kier alpha value is -1.65. The molecule has 0 saturated heterocycles. The van der Waals surface area contributed by atoms with Crippen LogP contribution in [-0.4, -0.2) is 14.5 Å². The molecule has 102 valence electrons. The molecule has 0 saturated carbocycles. The highest BCUT2D eigenvalue weighted by Crippen LogP contribution is 2.25. The van der Waals surface area contributed by atoms with Gasteiger partial charge >= 0.3 is 0 Å². The largest absolute Gasteiger partial charge is 0.280 e. The molecule has 0 aliphatic carbocycles. The fraction of sp³-hybridized carbons (Fsp3) is 0.143. The van der Waals surface area contributed by atoms with E-state index in [0.717, 1.165) is 11.1 Å². The highest BCUT2D eigenvalue weighted by Gasteiger charge is 2.15. The molecule has 0 radical (unpaired) electrons. The third-order valence-electron chi connectivity index (χ3n) is 3.04. The number of nitrogens with zero attached hydrogens (tertiary/aromatic N) is 3. The van der Waals surface area contributed by atoms with E-state index in [0.29, 0.717) is 22.2 Å². The summed E-state index contributed by atoms with van der Waals surface area (Å²) >= 11 is 11.9. The molecule has 2 heterocycles. The van der Waals surface area contributed by atoms with Crippen LogP contribution >= 0.6 is 23.2 Å². The lowest BCUT2D eigenvalue weighted by molar-refractivity contribution is 0.626. The summed E-state index contributed by atoms with van der Waals surface area (Å²) in [5.74, 6) is 0.386. The minimum Gasteiger partial charge on any atom is -0.280 e.